The standard InChI is InChI=1S/C15H17NO6S/c1-9(17)7-11-3-5-12(6-4-11)22-15(21)23-8-13(14(19)20)16-10(2)18/h3-6,13H,7-8H2,1-2H3,(H,16,18)(H,19,20)/t13-/m0/s1. The Kier molecular flexibility index (Phi) is 7.27. The van der Waals surface area contributed by atoms with Crippen LogP contribution in [0.2, 0.25) is 0 Å². The summed E-state index contributed by atoms with van der Waals surface area (Å²) in [7, 11) is 0. The molecular weight excluding hydrogens is 322 g/mol. The largest absolute Gasteiger partial charge is 0.480 e. The average Bonchev–Trinajstić information content (AvgIpc) is 2.44. The number of aliphatic carboxylic acids is 1. The first-order valence-electron chi connectivity index (χ1n) is 6.71. The smallest absolute Gasteiger partial charge is 0.372 e. The van der Waals surface area contributed by atoms with Crippen LogP contribution in [0.1, 0.15) is 19.4 Å². The molecule has 8 heteroatoms. The Hall–Kier alpha value is -2.35. The van der Waals surface area contributed by atoms with E-state index < -0.39 is 23.2 Å². The van der Waals surface area contributed by atoms with E-state index >= 15 is 0 Å². The van der Waals surface area contributed by atoms with Gasteiger partial charge in [0, 0.05) is 19.1 Å². The van der Waals surface area contributed by atoms with Crippen molar-refractivity contribution in [2.45, 2.75) is 26.3 Å². The number of Topliss-reactive ketones (excluding diaryl/α,β-unsaturated/α-hetero) is 1. The number of nitrogens with one attached hydrogen (secondary N) is 1. The number of benzene rings is 1. The van der Waals surface area contributed by atoms with Gasteiger partial charge in [-0.1, -0.05) is 12.1 Å². The molecule has 124 valence electrons. The normalized spacial score (nSPS) is 11.4. The first-order chi connectivity index (χ1) is 10.8. The van der Waals surface area contributed by atoms with Crippen molar-refractivity contribution < 1.29 is 29.0 Å². The monoisotopic (exact) mass is 339 g/mol. The van der Waals surface area contributed by atoms with Crippen LogP contribution in [-0.2, 0) is 20.8 Å². The van der Waals surface area contributed by atoms with E-state index in [1.807, 2.05) is 0 Å². The maximum Gasteiger partial charge on any atom is 0.372 e. The lowest BCUT2D eigenvalue weighted by molar-refractivity contribution is -0.140. The van der Waals surface area contributed by atoms with Gasteiger partial charge in [0.05, 0.1) is 0 Å². The Balaban J connectivity index is 2.51. The Labute approximate surface area is 137 Å². The van der Waals surface area contributed by atoms with Crippen LogP contribution in [0.4, 0.5) is 4.79 Å². The summed E-state index contributed by atoms with van der Waals surface area (Å²) in [6.45, 7) is 2.68. The summed E-state index contributed by atoms with van der Waals surface area (Å²) in [5.74, 6) is -1.54. The average molecular weight is 339 g/mol. The van der Waals surface area contributed by atoms with Crippen molar-refractivity contribution >= 4 is 34.7 Å². The minimum atomic E-state index is -1.23. The number of carboxylic acid groups (broad SMARTS) is 1. The van der Waals surface area contributed by atoms with Gasteiger partial charge in [-0.25, -0.2) is 9.59 Å². The summed E-state index contributed by atoms with van der Waals surface area (Å²) >= 11 is 0.654. The van der Waals surface area contributed by atoms with E-state index in [-0.39, 0.29) is 11.5 Å². The highest BCUT2D eigenvalue weighted by Crippen LogP contribution is 2.17. The van der Waals surface area contributed by atoms with Gasteiger partial charge >= 0.3 is 11.3 Å². The molecule has 7 nitrogen and oxygen atoms in total. The fourth-order valence-corrected chi connectivity index (χ4v) is 2.34. The van der Waals surface area contributed by atoms with Crippen molar-refractivity contribution in [2.24, 2.45) is 0 Å². The van der Waals surface area contributed by atoms with Crippen molar-refractivity contribution in [2.75, 3.05) is 5.75 Å². The van der Waals surface area contributed by atoms with Gasteiger partial charge in [-0.15, -0.1) is 0 Å². The fraction of sp³-hybridized carbons (Fsp3) is 0.333. The molecule has 0 radical (unpaired) electrons. The molecule has 0 saturated carbocycles. The van der Waals surface area contributed by atoms with Gasteiger partial charge in [0.1, 0.15) is 17.6 Å². The Morgan fingerprint density at radius 1 is 1.17 bits per heavy atom. The van der Waals surface area contributed by atoms with Crippen LogP contribution in [-0.4, -0.2) is 39.9 Å². The highest BCUT2D eigenvalue weighted by molar-refractivity contribution is 8.13. The number of ketones is 1. The minimum absolute atomic E-state index is 0.0305. The molecule has 23 heavy (non-hydrogen) atoms. The number of ether oxygens (including phenoxy) is 1. The minimum Gasteiger partial charge on any atom is -0.480 e. The number of carbonyl (C=O) groups is 4. The molecule has 2 N–H and O–H groups in total. The first-order valence-corrected chi connectivity index (χ1v) is 7.69. The van der Waals surface area contributed by atoms with Gasteiger partial charge in [-0.05, 0) is 36.4 Å². The highest BCUT2D eigenvalue weighted by atomic mass is 32.2. The lowest BCUT2D eigenvalue weighted by atomic mass is 10.1. The molecule has 1 aromatic carbocycles. The summed E-state index contributed by atoms with van der Waals surface area (Å²) in [5.41, 5.74) is 0.807. The molecule has 0 unspecified atom stereocenters. The van der Waals surface area contributed by atoms with Gasteiger partial charge in [0.25, 0.3) is 0 Å². The Morgan fingerprint density at radius 2 is 1.78 bits per heavy atom. The highest BCUT2D eigenvalue weighted by Gasteiger charge is 2.20. The topological polar surface area (TPSA) is 110 Å². The molecule has 0 fully saturated rings. The van der Waals surface area contributed by atoms with Crippen molar-refractivity contribution in [3.8, 4) is 5.75 Å². The fourth-order valence-electron chi connectivity index (χ4n) is 1.66. The summed E-state index contributed by atoms with van der Waals surface area (Å²) in [6, 6.07) is 5.29. The van der Waals surface area contributed by atoms with Crippen LogP contribution in [0.25, 0.3) is 0 Å². The SMILES string of the molecule is CC(=O)Cc1ccc(OC(=O)SC[C@H](NC(C)=O)C(=O)O)cc1. The van der Waals surface area contributed by atoms with Crippen LogP contribution < -0.4 is 10.1 Å². The zero-order valence-electron chi connectivity index (χ0n) is 12.7. The molecule has 0 aliphatic carbocycles. The van der Waals surface area contributed by atoms with Crippen LogP contribution >= 0.6 is 11.8 Å². The van der Waals surface area contributed by atoms with Crippen molar-refractivity contribution in [3.63, 3.8) is 0 Å². The third-order valence-corrected chi connectivity index (χ3v) is 3.44. The van der Waals surface area contributed by atoms with Crippen LogP contribution in [0.3, 0.4) is 0 Å². The van der Waals surface area contributed by atoms with Gasteiger partial charge in [-0.2, -0.15) is 0 Å². The second-order valence-corrected chi connectivity index (χ2v) is 5.73. The predicted molar refractivity (Wildman–Crippen MR) is 84.5 cm³/mol. The molecule has 1 rings (SSSR count). The summed E-state index contributed by atoms with van der Waals surface area (Å²) in [4.78, 5) is 44.5. The number of hydrogen-bond donors (Lipinski definition) is 2. The van der Waals surface area contributed by atoms with Crippen molar-refractivity contribution in [1.82, 2.24) is 5.32 Å². The van der Waals surface area contributed by atoms with E-state index in [9.17, 15) is 19.2 Å². The Bertz CT molecular complexity index is 598. The molecule has 0 aromatic heterocycles. The van der Waals surface area contributed by atoms with E-state index in [0.29, 0.717) is 23.9 Å². The molecule has 0 saturated heterocycles. The van der Waals surface area contributed by atoms with Crippen LogP contribution in [0.15, 0.2) is 24.3 Å². The number of thioether (sulfide) groups is 1. The summed E-state index contributed by atoms with van der Waals surface area (Å²) in [5, 5.41) is 10.5. The Morgan fingerprint density at radius 3 is 2.26 bits per heavy atom. The van der Waals surface area contributed by atoms with Gasteiger partial charge in [-0.3, -0.25) is 9.59 Å². The molecule has 0 heterocycles. The van der Waals surface area contributed by atoms with E-state index in [0.717, 1.165) is 5.56 Å². The van der Waals surface area contributed by atoms with E-state index in [4.69, 9.17) is 9.84 Å². The molecule has 0 spiro atoms. The second kappa shape index (κ2) is 8.94. The van der Waals surface area contributed by atoms with Gasteiger partial charge < -0.3 is 15.2 Å². The predicted octanol–water partition coefficient (Wildman–Crippen LogP) is 1.64. The number of amides is 1. The van der Waals surface area contributed by atoms with Crippen LogP contribution in [0, 0.1) is 0 Å². The van der Waals surface area contributed by atoms with E-state index in [2.05, 4.69) is 5.32 Å². The molecule has 1 amide bonds. The molecule has 0 bridgehead atoms. The maximum atomic E-state index is 11.7. The zero-order valence-corrected chi connectivity index (χ0v) is 13.5. The summed E-state index contributed by atoms with van der Waals surface area (Å²) < 4.78 is 5.04. The molecule has 0 aliphatic heterocycles. The van der Waals surface area contributed by atoms with E-state index in [1.54, 1.807) is 24.3 Å². The summed E-state index contributed by atoms with van der Waals surface area (Å²) in [6.07, 6.45) is 0.306. The van der Waals surface area contributed by atoms with E-state index in [1.165, 1.54) is 13.8 Å². The van der Waals surface area contributed by atoms with Crippen molar-refractivity contribution in [1.29, 1.82) is 0 Å². The number of carboxylic acids is 1. The molecule has 0 aliphatic rings. The maximum absolute atomic E-state index is 11.7. The lowest BCUT2D eigenvalue weighted by Gasteiger charge is -2.12. The quantitative estimate of drug-likeness (QED) is 0.727. The van der Waals surface area contributed by atoms with Crippen molar-refractivity contribution in [3.05, 3.63) is 29.8 Å². The van der Waals surface area contributed by atoms with Gasteiger partial charge in [0.2, 0.25) is 5.91 Å². The first kappa shape index (κ1) is 18.7. The zero-order chi connectivity index (χ0) is 17.4. The second-order valence-electron chi connectivity index (χ2n) is 4.78. The molecular formula is C15H17NO6S. The number of carbonyl (C=O) groups excluding carboxylic acids is 3. The number of hydrogen-bond acceptors (Lipinski definition) is 6. The number of rotatable bonds is 7. The third kappa shape index (κ3) is 7.46. The van der Waals surface area contributed by atoms with Crippen LogP contribution in [0.5, 0.6) is 5.75 Å². The van der Waals surface area contributed by atoms with Gasteiger partial charge in [0.15, 0.2) is 0 Å². The molecule has 1 atom stereocenters. The molecule has 1 aromatic rings. The lowest BCUT2D eigenvalue weighted by Crippen LogP contribution is -2.41. The third-order valence-electron chi connectivity index (χ3n) is 2.62.